The Balaban J connectivity index is 3.21. The summed E-state index contributed by atoms with van der Waals surface area (Å²) in [6.45, 7) is 3.34. The smallest absolute Gasteiger partial charge is 0.143 e. The summed E-state index contributed by atoms with van der Waals surface area (Å²) in [4.78, 5) is 0. The molecule has 0 spiro atoms. The highest BCUT2D eigenvalue weighted by Crippen LogP contribution is 1.86. The second kappa shape index (κ2) is 3.38. The molecule has 0 fully saturated rings. The van der Waals surface area contributed by atoms with Gasteiger partial charge in [0, 0.05) is 6.42 Å². The first kappa shape index (κ1) is 6.19. The fourth-order valence-corrected chi connectivity index (χ4v) is 0.211. The number of rotatable bonds is 2. The number of hydrogen-bond donors (Lipinski definition) is 1. The maximum atomic E-state index is 8.43. The van der Waals surface area contributed by atoms with Crippen molar-refractivity contribution in [2.45, 2.75) is 12.5 Å². The van der Waals surface area contributed by atoms with E-state index in [4.69, 9.17) is 10.4 Å². The predicted octanol–water partition coefficient (Wildman–Crippen LogP) is 0.447. The summed E-state index contributed by atoms with van der Waals surface area (Å²) in [6.07, 6.45) is 1.00. The Kier molecular flexibility index (Phi) is 2.99. The average Bonchev–Trinajstić information content (AvgIpc) is 1.68. The number of hydrogen-bond acceptors (Lipinski definition) is 2. The third kappa shape index (κ3) is 3.01. The molecule has 7 heavy (non-hydrogen) atoms. The standard InChI is InChI=1S/C5H7NO/c1-2-3-5(7)4-6/h2,5,7H,1,3H2/t5-/m1/s1. The molecule has 0 aromatic carbocycles. The van der Waals surface area contributed by atoms with Gasteiger partial charge in [-0.1, -0.05) is 6.08 Å². The van der Waals surface area contributed by atoms with Crippen LogP contribution in [0.15, 0.2) is 12.7 Å². The quantitative estimate of drug-likeness (QED) is 0.401. The predicted molar refractivity (Wildman–Crippen MR) is 26.4 cm³/mol. The van der Waals surface area contributed by atoms with Gasteiger partial charge in [-0.15, -0.1) is 6.58 Å². The number of aliphatic hydroxyl groups is 1. The van der Waals surface area contributed by atoms with Crippen molar-refractivity contribution in [3.05, 3.63) is 12.7 Å². The summed E-state index contributed by atoms with van der Waals surface area (Å²) < 4.78 is 0. The number of aliphatic hydroxyl groups excluding tert-OH is 1. The molecule has 2 nitrogen and oxygen atoms in total. The lowest BCUT2D eigenvalue weighted by Crippen LogP contribution is -1.98. The Labute approximate surface area is 42.7 Å². The van der Waals surface area contributed by atoms with Crippen LogP contribution in [0.25, 0.3) is 0 Å². The zero-order valence-electron chi connectivity index (χ0n) is 3.96. The maximum absolute atomic E-state index is 8.43. The third-order valence-electron chi connectivity index (χ3n) is 0.539. The molecule has 0 radical (unpaired) electrons. The van der Waals surface area contributed by atoms with E-state index in [1.165, 1.54) is 6.08 Å². The lowest BCUT2D eigenvalue weighted by atomic mass is 10.3. The second-order valence-electron chi connectivity index (χ2n) is 1.17. The van der Waals surface area contributed by atoms with Crippen LogP contribution >= 0.6 is 0 Å². The van der Waals surface area contributed by atoms with Crippen molar-refractivity contribution in [2.24, 2.45) is 0 Å². The molecular formula is C5H7NO. The first-order valence-corrected chi connectivity index (χ1v) is 2.00. The van der Waals surface area contributed by atoms with Crippen molar-refractivity contribution in [3.8, 4) is 6.07 Å². The normalized spacial score (nSPS) is 12.0. The minimum Gasteiger partial charge on any atom is -0.378 e. The van der Waals surface area contributed by atoms with Gasteiger partial charge in [-0.05, 0) is 0 Å². The molecule has 2 heteroatoms. The lowest BCUT2D eigenvalue weighted by molar-refractivity contribution is 0.234. The van der Waals surface area contributed by atoms with Crippen LogP contribution in [0.4, 0.5) is 0 Å². The van der Waals surface area contributed by atoms with Crippen LogP contribution in [0.3, 0.4) is 0 Å². The summed E-state index contributed by atoms with van der Waals surface area (Å²) in [5.41, 5.74) is 0. The maximum Gasteiger partial charge on any atom is 0.143 e. The summed E-state index contributed by atoms with van der Waals surface area (Å²) in [6, 6.07) is 1.65. The highest BCUT2D eigenvalue weighted by atomic mass is 16.3. The summed E-state index contributed by atoms with van der Waals surface area (Å²) in [5, 5.41) is 16.3. The van der Waals surface area contributed by atoms with Crippen molar-refractivity contribution in [1.29, 1.82) is 5.26 Å². The molecule has 1 N–H and O–H groups in total. The molecular weight excluding hydrogens is 90.1 g/mol. The second-order valence-corrected chi connectivity index (χ2v) is 1.17. The molecule has 0 aromatic rings. The molecule has 0 aliphatic rings. The molecule has 0 aromatic heterocycles. The Morgan fingerprint density at radius 1 is 2.00 bits per heavy atom. The molecule has 0 unspecified atom stereocenters. The summed E-state index contributed by atoms with van der Waals surface area (Å²) >= 11 is 0. The van der Waals surface area contributed by atoms with Gasteiger partial charge in [-0.3, -0.25) is 0 Å². The number of nitriles is 1. The summed E-state index contributed by atoms with van der Waals surface area (Å²) in [7, 11) is 0. The van der Waals surface area contributed by atoms with E-state index in [2.05, 4.69) is 6.58 Å². The monoisotopic (exact) mass is 97.1 g/mol. The molecule has 0 saturated heterocycles. The molecule has 0 bridgehead atoms. The molecule has 0 rings (SSSR count). The van der Waals surface area contributed by atoms with Gasteiger partial charge in [0.15, 0.2) is 0 Å². The van der Waals surface area contributed by atoms with Crippen LogP contribution in [0, 0.1) is 11.3 Å². The first-order valence-electron chi connectivity index (χ1n) is 2.00. The van der Waals surface area contributed by atoms with Crippen molar-refractivity contribution in [1.82, 2.24) is 0 Å². The Bertz CT molecular complexity index is 92.7. The van der Waals surface area contributed by atoms with Gasteiger partial charge in [-0.25, -0.2) is 0 Å². The van der Waals surface area contributed by atoms with Crippen molar-refractivity contribution in [2.75, 3.05) is 0 Å². The molecule has 0 aliphatic heterocycles. The van der Waals surface area contributed by atoms with Crippen LogP contribution in [0.5, 0.6) is 0 Å². The highest BCUT2D eigenvalue weighted by molar-refractivity contribution is 4.87. The molecule has 0 heterocycles. The first-order chi connectivity index (χ1) is 3.31. The topological polar surface area (TPSA) is 44.0 Å². The zero-order valence-corrected chi connectivity index (χ0v) is 3.96. The molecule has 0 saturated carbocycles. The van der Waals surface area contributed by atoms with Crippen molar-refractivity contribution < 1.29 is 5.11 Å². The van der Waals surface area contributed by atoms with Gasteiger partial charge in [0.2, 0.25) is 0 Å². The van der Waals surface area contributed by atoms with E-state index in [1.54, 1.807) is 6.07 Å². The Morgan fingerprint density at radius 3 is 2.71 bits per heavy atom. The molecule has 0 amide bonds. The van der Waals surface area contributed by atoms with E-state index in [-0.39, 0.29) is 0 Å². The van der Waals surface area contributed by atoms with Gasteiger partial charge in [-0.2, -0.15) is 5.26 Å². The van der Waals surface area contributed by atoms with Gasteiger partial charge >= 0.3 is 0 Å². The largest absolute Gasteiger partial charge is 0.378 e. The fourth-order valence-electron chi connectivity index (χ4n) is 0.211. The van der Waals surface area contributed by atoms with E-state index in [0.29, 0.717) is 6.42 Å². The van der Waals surface area contributed by atoms with Gasteiger partial charge in [0.05, 0.1) is 6.07 Å². The SMILES string of the molecule is C=CC[C@@H](O)C#N. The Hall–Kier alpha value is -0.810. The third-order valence-corrected chi connectivity index (χ3v) is 0.539. The average molecular weight is 97.1 g/mol. The van der Waals surface area contributed by atoms with Crippen LogP contribution in [0.1, 0.15) is 6.42 Å². The molecule has 38 valence electrons. The summed E-state index contributed by atoms with van der Waals surface area (Å²) in [5.74, 6) is 0. The van der Waals surface area contributed by atoms with Crippen LogP contribution in [-0.4, -0.2) is 11.2 Å². The van der Waals surface area contributed by atoms with E-state index in [9.17, 15) is 0 Å². The van der Waals surface area contributed by atoms with Gasteiger partial charge in [0.25, 0.3) is 0 Å². The van der Waals surface area contributed by atoms with Crippen molar-refractivity contribution in [3.63, 3.8) is 0 Å². The molecule has 1 atom stereocenters. The van der Waals surface area contributed by atoms with Gasteiger partial charge < -0.3 is 5.11 Å². The van der Waals surface area contributed by atoms with Crippen LogP contribution in [-0.2, 0) is 0 Å². The van der Waals surface area contributed by atoms with Crippen LogP contribution in [0.2, 0.25) is 0 Å². The minimum absolute atomic E-state index is 0.358. The minimum atomic E-state index is -0.863. The fraction of sp³-hybridized carbons (Fsp3) is 0.400. The van der Waals surface area contributed by atoms with Gasteiger partial charge in [0.1, 0.15) is 6.10 Å². The Morgan fingerprint density at radius 2 is 2.57 bits per heavy atom. The van der Waals surface area contributed by atoms with Crippen LogP contribution < -0.4 is 0 Å². The number of nitrogens with zero attached hydrogens (tertiary/aromatic N) is 1. The highest BCUT2D eigenvalue weighted by Gasteiger charge is 1.92. The van der Waals surface area contributed by atoms with E-state index in [0.717, 1.165) is 0 Å². The van der Waals surface area contributed by atoms with E-state index >= 15 is 0 Å². The zero-order chi connectivity index (χ0) is 5.70. The van der Waals surface area contributed by atoms with E-state index in [1.807, 2.05) is 0 Å². The lowest BCUT2D eigenvalue weighted by Gasteiger charge is -1.89. The van der Waals surface area contributed by atoms with Crippen molar-refractivity contribution >= 4 is 0 Å². The molecule has 0 aliphatic carbocycles. The van der Waals surface area contributed by atoms with E-state index < -0.39 is 6.10 Å².